The number of aliphatic imine (C=N–C) groups is 1. The highest BCUT2D eigenvalue weighted by molar-refractivity contribution is 7.77. The lowest BCUT2D eigenvalue weighted by molar-refractivity contribution is -0.691. The van der Waals surface area contributed by atoms with Crippen molar-refractivity contribution in [3.8, 4) is 0 Å². The monoisotopic (exact) mass is 407 g/mol. The second-order valence-corrected chi connectivity index (χ2v) is 6.99. The Kier molecular flexibility index (Phi) is 7.14. The minimum atomic E-state index is -0.751. The highest BCUT2D eigenvalue weighted by atomic mass is 35.5. The molecule has 0 fully saturated rings. The fourth-order valence-electron chi connectivity index (χ4n) is 2.32. The Morgan fingerprint density at radius 1 is 1.27 bits per heavy atom. The van der Waals surface area contributed by atoms with Gasteiger partial charge in [-0.05, 0) is 23.2 Å². The van der Waals surface area contributed by atoms with Gasteiger partial charge in [0.15, 0.2) is 12.4 Å². The van der Waals surface area contributed by atoms with E-state index in [-0.39, 0.29) is 10.8 Å². The van der Waals surface area contributed by atoms with Crippen molar-refractivity contribution in [3.63, 3.8) is 0 Å². The van der Waals surface area contributed by atoms with Gasteiger partial charge < -0.3 is 22.5 Å². The van der Waals surface area contributed by atoms with Crippen molar-refractivity contribution in [2.45, 2.75) is 6.04 Å². The van der Waals surface area contributed by atoms with E-state index < -0.39 is 6.04 Å². The van der Waals surface area contributed by atoms with Crippen LogP contribution in [0.5, 0.6) is 0 Å². The average molecular weight is 408 g/mol. The van der Waals surface area contributed by atoms with E-state index in [1.807, 2.05) is 43.5 Å². The number of pyridine rings is 1. The Morgan fingerprint density at radius 2 is 1.92 bits per heavy atom. The molecule has 0 amide bonds. The van der Waals surface area contributed by atoms with Gasteiger partial charge in [0.1, 0.15) is 0 Å². The molecule has 0 aliphatic heterocycles. The molecule has 1 aromatic heterocycles. The lowest BCUT2D eigenvalue weighted by Gasteiger charge is -2.19. The molecule has 2 rings (SSSR count). The molecule has 1 aromatic carbocycles. The molecule has 0 bridgehead atoms. The summed E-state index contributed by atoms with van der Waals surface area (Å²) >= 11 is 17.4. The summed E-state index contributed by atoms with van der Waals surface area (Å²) in [6.45, 7) is 3.98. The van der Waals surface area contributed by atoms with Gasteiger partial charge in [-0.25, -0.2) is 0 Å². The second kappa shape index (κ2) is 9.12. The number of ketones is 1. The van der Waals surface area contributed by atoms with Gasteiger partial charge >= 0.3 is 0 Å². The van der Waals surface area contributed by atoms with Crippen LogP contribution in [-0.4, -0.2) is 31.5 Å². The SMILES string of the molecule is C=CCN=C([S-])[C@H](C(=O)c1ccc(Cl)c(Cl)c1)[n+]1ccc(N(C)C)cc1. The molecule has 0 spiro atoms. The van der Waals surface area contributed by atoms with E-state index in [0.29, 0.717) is 22.2 Å². The number of carbonyl (C=O) groups is 1. The summed E-state index contributed by atoms with van der Waals surface area (Å²) in [6.07, 6.45) is 5.25. The van der Waals surface area contributed by atoms with Crippen molar-refractivity contribution in [1.29, 1.82) is 0 Å². The number of hydrogen-bond acceptors (Lipinski definition) is 4. The first-order valence-electron chi connectivity index (χ1n) is 7.84. The van der Waals surface area contributed by atoms with Gasteiger partial charge in [-0.15, -0.1) is 6.58 Å². The fourth-order valence-corrected chi connectivity index (χ4v) is 2.93. The Labute approximate surface area is 169 Å². The predicted molar refractivity (Wildman–Crippen MR) is 111 cm³/mol. The number of Topliss-reactive ketones (excluding diaryl/α,β-unsaturated/α-hetero) is 1. The zero-order chi connectivity index (χ0) is 19.3. The molecule has 4 nitrogen and oxygen atoms in total. The first-order valence-corrected chi connectivity index (χ1v) is 9.01. The quantitative estimate of drug-likeness (QED) is 0.174. The van der Waals surface area contributed by atoms with Gasteiger partial charge in [0.25, 0.3) is 0 Å². The molecular weight excluding hydrogens is 389 g/mol. The van der Waals surface area contributed by atoms with Crippen LogP contribution in [0.3, 0.4) is 0 Å². The first kappa shape index (κ1) is 20.4. The van der Waals surface area contributed by atoms with Crippen molar-refractivity contribution in [3.05, 3.63) is 71.0 Å². The van der Waals surface area contributed by atoms with Gasteiger partial charge in [-0.2, -0.15) is 4.57 Å². The number of rotatable bonds is 7. The van der Waals surface area contributed by atoms with Crippen LogP contribution in [0.4, 0.5) is 5.69 Å². The minimum absolute atomic E-state index is 0.205. The van der Waals surface area contributed by atoms with Crippen molar-refractivity contribution >= 4 is 52.3 Å². The molecule has 1 heterocycles. The molecule has 26 heavy (non-hydrogen) atoms. The molecule has 0 saturated carbocycles. The lowest BCUT2D eigenvalue weighted by atomic mass is 10.0. The van der Waals surface area contributed by atoms with Crippen LogP contribution in [0.25, 0.3) is 0 Å². The molecule has 7 heteroatoms. The Bertz CT molecular complexity index is 835. The van der Waals surface area contributed by atoms with Gasteiger partial charge in [-0.1, -0.05) is 29.3 Å². The summed E-state index contributed by atoms with van der Waals surface area (Å²) in [5.41, 5.74) is 1.43. The summed E-state index contributed by atoms with van der Waals surface area (Å²) in [5.74, 6) is -0.205. The van der Waals surface area contributed by atoms with Crippen molar-refractivity contribution in [2.24, 2.45) is 4.99 Å². The topological polar surface area (TPSA) is 36.6 Å². The zero-order valence-electron chi connectivity index (χ0n) is 14.5. The number of carbonyl (C=O) groups excluding carboxylic acids is 1. The average Bonchev–Trinajstić information content (AvgIpc) is 2.62. The third-order valence-electron chi connectivity index (χ3n) is 3.71. The fraction of sp³-hybridized carbons (Fsp3) is 0.211. The molecule has 0 aliphatic carbocycles. The summed E-state index contributed by atoms with van der Waals surface area (Å²) in [4.78, 5) is 19.4. The number of hydrogen-bond donors (Lipinski definition) is 0. The smallest absolute Gasteiger partial charge is 0.237 e. The van der Waals surface area contributed by atoms with E-state index in [9.17, 15) is 4.79 Å². The lowest BCUT2D eigenvalue weighted by Crippen LogP contribution is -2.47. The van der Waals surface area contributed by atoms with E-state index in [0.717, 1.165) is 5.69 Å². The molecule has 1 atom stereocenters. The molecule has 0 unspecified atom stereocenters. The van der Waals surface area contributed by atoms with Crippen molar-refractivity contribution in [1.82, 2.24) is 0 Å². The van der Waals surface area contributed by atoms with Gasteiger partial charge in [-0.3, -0.25) is 4.79 Å². The second-order valence-electron chi connectivity index (χ2n) is 5.76. The molecular formula is C19H19Cl2N3OS. The van der Waals surface area contributed by atoms with Crippen LogP contribution >= 0.6 is 23.2 Å². The standard InChI is InChI=1S/C19H19Cl2N3OS/c1-4-9-22-19(26)17(24-10-7-14(8-11-24)23(2)3)18(25)13-5-6-15(20)16(21)12-13/h4-8,10-12,17H,1,9H2,2-3H3/t17-/m0/s1. The van der Waals surface area contributed by atoms with E-state index in [1.54, 1.807) is 28.8 Å². The molecule has 2 aromatic rings. The Balaban J connectivity index is 2.47. The molecule has 0 N–H and O–H groups in total. The van der Waals surface area contributed by atoms with Gasteiger partial charge in [0.2, 0.25) is 11.8 Å². The highest BCUT2D eigenvalue weighted by Crippen LogP contribution is 2.24. The van der Waals surface area contributed by atoms with Crippen LogP contribution in [0.15, 0.2) is 60.4 Å². The third-order valence-corrected chi connectivity index (χ3v) is 4.80. The Hall–Kier alpha value is -1.95. The van der Waals surface area contributed by atoms with E-state index >= 15 is 0 Å². The maximum atomic E-state index is 13.1. The van der Waals surface area contributed by atoms with Crippen LogP contribution in [0.1, 0.15) is 16.4 Å². The van der Waals surface area contributed by atoms with E-state index in [4.69, 9.17) is 35.8 Å². The van der Waals surface area contributed by atoms with Crippen LogP contribution < -0.4 is 9.47 Å². The van der Waals surface area contributed by atoms with Crippen LogP contribution in [0, 0.1) is 0 Å². The first-order chi connectivity index (χ1) is 12.3. The van der Waals surface area contributed by atoms with Gasteiger partial charge in [0, 0.05) is 37.5 Å². The van der Waals surface area contributed by atoms with E-state index in [2.05, 4.69) is 11.6 Å². The Morgan fingerprint density at radius 3 is 2.46 bits per heavy atom. The number of aromatic nitrogens is 1. The van der Waals surface area contributed by atoms with Gasteiger partial charge in [0.05, 0.1) is 16.6 Å². The number of nitrogens with zero attached hydrogens (tertiary/aromatic N) is 3. The zero-order valence-corrected chi connectivity index (χ0v) is 16.9. The third kappa shape index (κ3) is 4.81. The highest BCUT2D eigenvalue weighted by Gasteiger charge is 2.28. The summed E-state index contributed by atoms with van der Waals surface area (Å²) < 4.78 is 1.74. The predicted octanol–water partition coefficient (Wildman–Crippen LogP) is 3.90. The van der Waals surface area contributed by atoms with Crippen LogP contribution in [0.2, 0.25) is 10.0 Å². The largest absolute Gasteiger partial charge is 0.758 e. The van der Waals surface area contributed by atoms with E-state index in [1.165, 1.54) is 0 Å². The molecule has 0 radical (unpaired) electrons. The van der Waals surface area contributed by atoms with Crippen molar-refractivity contribution in [2.75, 3.05) is 25.5 Å². The number of halogens is 2. The molecule has 0 aliphatic rings. The normalized spacial score (nSPS) is 12.5. The number of anilines is 1. The summed E-state index contributed by atoms with van der Waals surface area (Å²) in [6, 6.07) is 7.84. The molecule has 136 valence electrons. The van der Waals surface area contributed by atoms with Crippen LogP contribution in [-0.2, 0) is 12.6 Å². The van der Waals surface area contributed by atoms with Crippen molar-refractivity contribution < 1.29 is 9.36 Å². The summed E-state index contributed by atoms with van der Waals surface area (Å²) in [5, 5.41) is 0.989. The maximum Gasteiger partial charge on any atom is 0.237 e. The minimum Gasteiger partial charge on any atom is -0.758 e. The molecule has 0 saturated heterocycles. The maximum absolute atomic E-state index is 13.1. The summed E-state index contributed by atoms with van der Waals surface area (Å²) in [7, 11) is 3.89. The number of benzene rings is 1.